The van der Waals surface area contributed by atoms with Crippen molar-refractivity contribution in [2.75, 3.05) is 6.61 Å². The molecule has 0 saturated heterocycles. The summed E-state index contributed by atoms with van der Waals surface area (Å²) in [7, 11) is 0. The van der Waals surface area contributed by atoms with Gasteiger partial charge in [-0.25, -0.2) is 9.48 Å². The van der Waals surface area contributed by atoms with Gasteiger partial charge in [-0.2, -0.15) is 5.10 Å². The van der Waals surface area contributed by atoms with E-state index >= 15 is 0 Å². The molecule has 5 nitrogen and oxygen atoms in total. The van der Waals surface area contributed by atoms with Gasteiger partial charge in [-0.1, -0.05) is 28.1 Å². The lowest BCUT2D eigenvalue weighted by Crippen LogP contribution is -2.30. The van der Waals surface area contributed by atoms with E-state index < -0.39 is 11.5 Å². The molecular formula is C15H15BrN2O3. The molecule has 0 unspecified atom stereocenters. The van der Waals surface area contributed by atoms with Crippen LogP contribution in [0.4, 0.5) is 0 Å². The predicted molar refractivity (Wildman–Crippen MR) is 82.4 cm³/mol. The molecule has 1 heterocycles. The first kappa shape index (κ1) is 15.4. The lowest BCUT2D eigenvalue weighted by atomic mass is 10.2. The second-order valence-corrected chi connectivity index (χ2v) is 5.42. The van der Waals surface area contributed by atoms with Crippen molar-refractivity contribution in [2.24, 2.45) is 0 Å². The summed E-state index contributed by atoms with van der Waals surface area (Å²) in [6.07, 6.45) is 0. The molecule has 0 spiro atoms. The van der Waals surface area contributed by atoms with Gasteiger partial charge in [-0.3, -0.25) is 4.79 Å². The molecule has 2 aromatic rings. The minimum atomic E-state index is -0.613. The largest absolute Gasteiger partial charge is 0.462 e. The van der Waals surface area contributed by atoms with Crippen molar-refractivity contribution in [3.05, 3.63) is 62.0 Å². The molecule has 1 aromatic carbocycles. The third-order valence-electron chi connectivity index (χ3n) is 2.84. The first-order valence-corrected chi connectivity index (χ1v) is 7.31. The fraction of sp³-hybridized carbons (Fsp3) is 0.267. The van der Waals surface area contributed by atoms with Crippen LogP contribution in [-0.2, 0) is 11.3 Å². The standard InChI is InChI=1S/C15H15BrN2O3/c1-3-21-15(20)13-8-10(2)17-18(14(13)19)9-11-4-6-12(16)7-5-11/h4-8H,3,9H2,1-2H3. The van der Waals surface area contributed by atoms with Crippen molar-refractivity contribution in [2.45, 2.75) is 20.4 Å². The van der Waals surface area contributed by atoms with E-state index in [-0.39, 0.29) is 12.2 Å². The first-order valence-electron chi connectivity index (χ1n) is 6.51. The van der Waals surface area contributed by atoms with Gasteiger partial charge in [0.1, 0.15) is 5.56 Å². The lowest BCUT2D eigenvalue weighted by molar-refractivity contribution is 0.0523. The normalized spacial score (nSPS) is 10.4. The molecule has 1 aromatic heterocycles. The van der Waals surface area contributed by atoms with Crippen molar-refractivity contribution >= 4 is 21.9 Å². The molecule has 0 aliphatic rings. The van der Waals surface area contributed by atoms with E-state index in [0.717, 1.165) is 10.0 Å². The summed E-state index contributed by atoms with van der Waals surface area (Å²) in [4.78, 5) is 24.1. The Balaban J connectivity index is 2.38. The SMILES string of the molecule is CCOC(=O)c1cc(C)nn(Cc2ccc(Br)cc2)c1=O. The zero-order chi connectivity index (χ0) is 15.4. The molecule has 0 radical (unpaired) electrons. The van der Waals surface area contributed by atoms with Crippen LogP contribution in [0.5, 0.6) is 0 Å². The van der Waals surface area contributed by atoms with Gasteiger partial charge >= 0.3 is 5.97 Å². The van der Waals surface area contributed by atoms with Crippen LogP contribution in [0.15, 0.2) is 39.6 Å². The Hall–Kier alpha value is -1.95. The van der Waals surface area contributed by atoms with Gasteiger partial charge in [0.15, 0.2) is 0 Å². The number of rotatable bonds is 4. The maximum absolute atomic E-state index is 12.3. The van der Waals surface area contributed by atoms with Crippen molar-refractivity contribution < 1.29 is 9.53 Å². The van der Waals surface area contributed by atoms with E-state index in [4.69, 9.17) is 4.74 Å². The number of carbonyl (C=O) groups is 1. The highest BCUT2D eigenvalue weighted by Gasteiger charge is 2.15. The summed E-state index contributed by atoms with van der Waals surface area (Å²) in [5, 5.41) is 4.18. The van der Waals surface area contributed by atoms with Crippen molar-refractivity contribution in [1.29, 1.82) is 0 Å². The molecule has 0 bridgehead atoms. The number of hydrogen-bond acceptors (Lipinski definition) is 4. The Morgan fingerprint density at radius 3 is 2.62 bits per heavy atom. The zero-order valence-electron chi connectivity index (χ0n) is 11.8. The van der Waals surface area contributed by atoms with E-state index in [1.807, 2.05) is 24.3 Å². The third kappa shape index (κ3) is 3.78. The molecule has 0 saturated carbocycles. The highest BCUT2D eigenvalue weighted by atomic mass is 79.9. The van der Waals surface area contributed by atoms with Crippen LogP contribution >= 0.6 is 15.9 Å². The maximum atomic E-state index is 12.3. The van der Waals surface area contributed by atoms with Crippen molar-refractivity contribution in [3.8, 4) is 0 Å². The zero-order valence-corrected chi connectivity index (χ0v) is 13.4. The number of carbonyl (C=O) groups excluding carboxylic acids is 1. The Kier molecular flexibility index (Phi) is 4.90. The van der Waals surface area contributed by atoms with Crippen LogP contribution in [0.3, 0.4) is 0 Å². The molecule has 0 amide bonds. The molecule has 6 heteroatoms. The molecule has 110 valence electrons. The molecule has 21 heavy (non-hydrogen) atoms. The topological polar surface area (TPSA) is 61.2 Å². The second kappa shape index (κ2) is 6.67. The van der Waals surface area contributed by atoms with E-state index in [9.17, 15) is 9.59 Å². The minimum absolute atomic E-state index is 0.0152. The monoisotopic (exact) mass is 350 g/mol. The van der Waals surface area contributed by atoms with E-state index in [1.54, 1.807) is 13.8 Å². The van der Waals surface area contributed by atoms with Crippen LogP contribution < -0.4 is 5.56 Å². The Morgan fingerprint density at radius 1 is 1.33 bits per heavy atom. The van der Waals surface area contributed by atoms with Gasteiger partial charge in [0, 0.05) is 4.47 Å². The van der Waals surface area contributed by atoms with Gasteiger partial charge in [0.25, 0.3) is 5.56 Å². The minimum Gasteiger partial charge on any atom is -0.462 e. The van der Waals surface area contributed by atoms with Crippen molar-refractivity contribution in [3.63, 3.8) is 0 Å². The van der Waals surface area contributed by atoms with Crippen LogP contribution in [0.2, 0.25) is 0 Å². The first-order chi connectivity index (χ1) is 10.0. The number of ether oxygens (including phenoxy) is 1. The van der Waals surface area contributed by atoms with Gasteiger partial charge < -0.3 is 4.74 Å². The van der Waals surface area contributed by atoms with Gasteiger partial charge in [0.05, 0.1) is 18.8 Å². The number of benzene rings is 1. The van der Waals surface area contributed by atoms with E-state index in [2.05, 4.69) is 21.0 Å². The molecule has 0 aliphatic heterocycles. The predicted octanol–water partition coefficient (Wildman–Crippen LogP) is 2.54. The van der Waals surface area contributed by atoms with Crippen LogP contribution in [0.25, 0.3) is 0 Å². The van der Waals surface area contributed by atoms with Crippen LogP contribution in [0, 0.1) is 6.92 Å². The number of aryl methyl sites for hydroxylation is 1. The van der Waals surface area contributed by atoms with Gasteiger partial charge in [-0.15, -0.1) is 0 Å². The fourth-order valence-electron chi connectivity index (χ4n) is 1.90. The lowest BCUT2D eigenvalue weighted by Gasteiger charge is -2.08. The maximum Gasteiger partial charge on any atom is 0.343 e. The number of aromatic nitrogens is 2. The third-order valence-corrected chi connectivity index (χ3v) is 3.37. The summed E-state index contributed by atoms with van der Waals surface area (Å²) < 4.78 is 7.14. The quantitative estimate of drug-likeness (QED) is 0.795. The summed E-state index contributed by atoms with van der Waals surface area (Å²) in [6, 6.07) is 9.03. The number of esters is 1. The van der Waals surface area contributed by atoms with Gasteiger partial charge in [-0.05, 0) is 37.6 Å². The molecular weight excluding hydrogens is 336 g/mol. The van der Waals surface area contributed by atoms with Gasteiger partial charge in [0.2, 0.25) is 0 Å². The smallest absolute Gasteiger partial charge is 0.343 e. The molecule has 0 atom stereocenters. The highest BCUT2D eigenvalue weighted by molar-refractivity contribution is 9.10. The second-order valence-electron chi connectivity index (χ2n) is 4.51. The van der Waals surface area contributed by atoms with Crippen molar-refractivity contribution in [1.82, 2.24) is 9.78 Å². The Morgan fingerprint density at radius 2 is 2.00 bits per heavy atom. The Labute approximate surface area is 130 Å². The van der Waals surface area contributed by atoms with Crippen LogP contribution in [0.1, 0.15) is 28.5 Å². The molecule has 2 rings (SSSR count). The fourth-order valence-corrected chi connectivity index (χ4v) is 2.16. The number of nitrogens with zero attached hydrogens (tertiary/aromatic N) is 2. The summed E-state index contributed by atoms with van der Waals surface area (Å²) in [5.41, 5.74) is 1.09. The molecule has 0 aliphatic carbocycles. The summed E-state index contributed by atoms with van der Waals surface area (Å²) >= 11 is 3.36. The van der Waals surface area contributed by atoms with E-state index in [1.165, 1.54) is 10.7 Å². The molecule has 0 N–H and O–H groups in total. The van der Waals surface area contributed by atoms with E-state index in [0.29, 0.717) is 12.2 Å². The average molecular weight is 351 g/mol. The summed E-state index contributed by atoms with van der Waals surface area (Å²) in [6.45, 7) is 3.97. The highest BCUT2D eigenvalue weighted by Crippen LogP contribution is 2.11. The Bertz CT molecular complexity index is 708. The number of hydrogen-bond donors (Lipinski definition) is 0. The molecule has 0 fully saturated rings. The van der Waals surface area contributed by atoms with Crippen LogP contribution in [-0.4, -0.2) is 22.4 Å². The number of halogens is 1. The average Bonchev–Trinajstić information content (AvgIpc) is 2.45. The summed E-state index contributed by atoms with van der Waals surface area (Å²) in [5.74, 6) is -0.613.